The number of amides is 2. The number of hydroxylamine groups is 1. The number of hydrogen-bond acceptors (Lipinski definition) is 8. The minimum Gasteiger partial charge on any atom is -0.493 e. The molecule has 2 N–H and O–H groups in total. The number of nitrogens with one attached hydrogen (secondary N) is 2. The minimum atomic E-state index is -1.05. The second kappa shape index (κ2) is 10.1. The van der Waals surface area contributed by atoms with Crippen LogP contribution in [0.5, 0.6) is 5.75 Å². The number of hydrogen-bond donors (Lipinski definition) is 2. The topological polar surface area (TPSA) is 129 Å². The minimum absolute atomic E-state index is 0.0876. The molecule has 0 spiro atoms. The van der Waals surface area contributed by atoms with E-state index in [1.807, 2.05) is 5.48 Å². The number of benzene rings is 2. The number of halogens is 2. The van der Waals surface area contributed by atoms with Gasteiger partial charge in [-0.25, -0.2) is 4.79 Å². The molecular formula is C23H17Cl2N3O7. The molecule has 0 aliphatic rings. The zero-order chi connectivity index (χ0) is 25.1. The molecule has 0 aliphatic heterocycles. The molecule has 0 fully saturated rings. The van der Waals surface area contributed by atoms with E-state index in [1.165, 1.54) is 31.6 Å². The second-order valence-electron chi connectivity index (χ2n) is 6.98. The monoisotopic (exact) mass is 517 g/mol. The van der Waals surface area contributed by atoms with Gasteiger partial charge < -0.3 is 24.0 Å². The number of carbonyl (C=O) groups excluding carboxylic acids is 3. The molecule has 0 radical (unpaired) electrons. The zero-order valence-electron chi connectivity index (χ0n) is 18.3. The second-order valence-corrected chi connectivity index (χ2v) is 7.80. The van der Waals surface area contributed by atoms with Gasteiger partial charge in [0.25, 0.3) is 11.8 Å². The molecule has 0 saturated carbocycles. The van der Waals surface area contributed by atoms with Gasteiger partial charge in [0.2, 0.25) is 0 Å². The van der Waals surface area contributed by atoms with Gasteiger partial charge in [0.1, 0.15) is 5.58 Å². The van der Waals surface area contributed by atoms with Crippen LogP contribution < -0.4 is 15.5 Å². The predicted molar refractivity (Wildman–Crippen MR) is 128 cm³/mol. The summed E-state index contributed by atoms with van der Waals surface area (Å²) >= 11 is 12.3. The fourth-order valence-electron chi connectivity index (χ4n) is 3.35. The van der Waals surface area contributed by atoms with Gasteiger partial charge in [-0.2, -0.15) is 5.48 Å². The molecule has 10 nitrogen and oxygen atoms in total. The van der Waals surface area contributed by atoms with Crippen molar-refractivity contribution in [1.82, 2.24) is 10.5 Å². The van der Waals surface area contributed by atoms with Gasteiger partial charge in [-0.1, -0.05) is 23.2 Å². The Hall–Kier alpha value is -4.02. The molecule has 4 aromatic rings. The Bertz CT molecular complexity index is 1450. The van der Waals surface area contributed by atoms with Gasteiger partial charge in [-0.05, 0) is 37.3 Å². The van der Waals surface area contributed by atoms with Gasteiger partial charge in [0.15, 0.2) is 11.3 Å². The average Bonchev–Trinajstić information content (AvgIpc) is 3.23. The van der Waals surface area contributed by atoms with Crippen molar-refractivity contribution < 1.29 is 33.1 Å². The third-order valence-corrected chi connectivity index (χ3v) is 5.46. The summed E-state index contributed by atoms with van der Waals surface area (Å²) in [5.74, 6) is -0.862. The largest absolute Gasteiger partial charge is 0.533 e. The normalized spacial score (nSPS) is 10.7. The Balaban J connectivity index is 1.77. The number of aromatic nitrogens is 1. The molecule has 0 saturated heterocycles. The van der Waals surface area contributed by atoms with Crippen LogP contribution in [0.15, 0.2) is 47.1 Å². The van der Waals surface area contributed by atoms with Gasteiger partial charge in [0, 0.05) is 28.7 Å². The van der Waals surface area contributed by atoms with Crippen LogP contribution >= 0.6 is 23.2 Å². The Morgan fingerprint density at radius 2 is 1.80 bits per heavy atom. The van der Waals surface area contributed by atoms with E-state index in [0.29, 0.717) is 27.7 Å². The maximum atomic E-state index is 13.2. The quantitative estimate of drug-likeness (QED) is 0.267. The van der Waals surface area contributed by atoms with E-state index in [-0.39, 0.29) is 33.5 Å². The first kappa shape index (κ1) is 24.1. The highest BCUT2D eigenvalue weighted by atomic mass is 35.5. The summed E-state index contributed by atoms with van der Waals surface area (Å²) in [4.78, 5) is 45.5. The number of carbonyl (C=O) groups is 3. The molecule has 0 bridgehead atoms. The van der Waals surface area contributed by atoms with Crippen LogP contribution in [-0.4, -0.2) is 36.7 Å². The average molecular weight is 518 g/mol. The van der Waals surface area contributed by atoms with Crippen LogP contribution in [-0.2, 0) is 9.57 Å². The molecule has 0 atom stereocenters. The number of anilines is 1. The fourth-order valence-corrected chi connectivity index (χ4v) is 3.81. The van der Waals surface area contributed by atoms with Crippen molar-refractivity contribution in [3.05, 3.63) is 63.9 Å². The molecule has 0 aliphatic carbocycles. The van der Waals surface area contributed by atoms with E-state index >= 15 is 0 Å². The summed E-state index contributed by atoms with van der Waals surface area (Å²) < 4.78 is 15.9. The first-order valence-electron chi connectivity index (χ1n) is 10.1. The SMILES string of the molecule is CCOC(=O)ONC(=O)c1ccc2oc3c(OC)ccc(C(=O)Nc4c(Cl)cncc4Cl)c3c2c1. The van der Waals surface area contributed by atoms with Gasteiger partial charge in [0.05, 0.1) is 35.0 Å². The lowest BCUT2D eigenvalue weighted by atomic mass is 10.0. The Kier molecular flexibility index (Phi) is 6.94. The van der Waals surface area contributed by atoms with Crippen LogP contribution in [0.25, 0.3) is 21.9 Å². The molecular weight excluding hydrogens is 501 g/mol. The van der Waals surface area contributed by atoms with Crippen molar-refractivity contribution in [2.75, 3.05) is 19.0 Å². The number of nitrogens with zero attached hydrogens (tertiary/aromatic N) is 1. The molecule has 4 rings (SSSR count). The summed E-state index contributed by atoms with van der Waals surface area (Å²) in [6.45, 7) is 1.68. The van der Waals surface area contributed by atoms with Crippen LogP contribution in [0.4, 0.5) is 10.5 Å². The number of methoxy groups -OCH3 is 1. The van der Waals surface area contributed by atoms with Gasteiger partial charge in [-0.3, -0.25) is 14.6 Å². The van der Waals surface area contributed by atoms with E-state index in [4.69, 9.17) is 32.4 Å². The standard InChI is InChI=1S/C23H17Cl2N3O7/c1-3-33-23(31)35-28-21(29)11-4-6-16-13(8-11)18-12(5-7-17(32-2)20(18)34-16)22(30)27-19-14(24)9-26-10-15(19)25/h4-10H,3H2,1-2H3,(H,28,29)(H,26,27,30). The molecule has 2 amide bonds. The maximum absolute atomic E-state index is 13.2. The van der Waals surface area contributed by atoms with E-state index in [0.717, 1.165) is 0 Å². The van der Waals surface area contributed by atoms with Crippen LogP contribution in [0.3, 0.4) is 0 Å². The van der Waals surface area contributed by atoms with E-state index in [1.54, 1.807) is 25.1 Å². The van der Waals surface area contributed by atoms with Crippen molar-refractivity contribution >= 4 is 68.8 Å². The molecule has 2 aromatic carbocycles. The lowest BCUT2D eigenvalue weighted by Crippen LogP contribution is -2.27. The van der Waals surface area contributed by atoms with Gasteiger partial charge >= 0.3 is 6.16 Å². The molecule has 2 heterocycles. The Morgan fingerprint density at radius 1 is 1.06 bits per heavy atom. The predicted octanol–water partition coefficient (Wildman–Crippen LogP) is 5.37. The number of fused-ring (bicyclic) bond motifs is 3. The number of furan rings is 1. The zero-order valence-corrected chi connectivity index (χ0v) is 19.8. The molecule has 180 valence electrons. The van der Waals surface area contributed by atoms with Crippen molar-refractivity contribution in [2.45, 2.75) is 6.92 Å². The van der Waals surface area contributed by atoms with Crippen LogP contribution in [0, 0.1) is 0 Å². The van der Waals surface area contributed by atoms with E-state index < -0.39 is 18.0 Å². The number of ether oxygens (including phenoxy) is 2. The third-order valence-electron chi connectivity index (χ3n) is 4.89. The van der Waals surface area contributed by atoms with Crippen molar-refractivity contribution in [3.8, 4) is 5.75 Å². The lowest BCUT2D eigenvalue weighted by molar-refractivity contribution is 0.0177. The van der Waals surface area contributed by atoms with Crippen LogP contribution in [0.1, 0.15) is 27.6 Å². The summed E-state index contributed by atoms with van der Waals surface area (Å²) in [6, 6.07) is 7.64. The first-order valence-corrected chi connectivity index (χ1v) is 10.9. The van der Waals surface area contributed by atoms with E-state index in [9.17, 15) is 14.4 Å². The maximum Gasteiger partial charge on any atom is 0.533 e. The number of pyridine rings is 1. The molecule has 35 heavy (non-hydrogen) atoms. The lowest BCUT2D eigenvalue weighted by Gasteiger charge is -2.10. The smallest absolute Gasteiger partial charge is 0.493 e. The summed E-state index contributed by atoms with van der Waals surface area (Å²) in [7, 11) is 1.46. The van der Waals surface area contributed by atoms with Gasteiger partial charge in [-0.15, -0.1) is 0 Å². The highest BCUT2D eigenvalue weighted by Crippen LogP contribution is 2.38. The van der Waals surface area contributed by atoms with Crippen molar-refractivity contribution in [1.29, 1.82) is 0 Å². The van der Waals surface area contributed by atoms with E-state index in [2.05, 4.69) is 19.9 Å². The fraction of sp³-hybridized carbons (Fsp3) is 0.130. The Labute approximate surface area is 208 Å². The first-order chi connectivity index (χ1) is 16.8. The summed E-state index contributed by atoms with van der Waals surface area (Å²) in [5, 5.41) is 3.84. The molecule has 2 aromatic heterocycles. The summed E-state index contributed by atoms with van der Waals surface area (Å²) in [6.07, 6.45) is 1.65. The molecule has 0 unspecified atom stereocenters. The van der Waals surface area contributed by atoms with Crippen LogP contribution in [0.2, 0.25) is 10.0 Å². The third kappa shape index (κ3) is 4.79. The highest BCUT2D eigenvalue weighted by molar-refractivity contribution is 6.40. The summed E-state index contributed by atoms with van der Waals surface area (Å²) in [5.41, 5.74) is 3.24. The number of rotatable bonds is 5. The van der Waals surface area contributed by atoms with Crippen molar-refractivity contribution in [2.24, 2.45) is 0 Å². The highest BCUT2D eigenvalue weighted by Gasteiger charge is 2.22. The molecule has 12 heteroatoms. The Morgan fingerprint density at radius 3 is 2.49 bits per heavy atom. The van der Waals surface area contributed by atoms with Crippen molar-refractivity contribution in [3.63, 3.8) is 0 Å².